The Hall–Kier alpha value is -2.93. The number of benzene rings is 1. The highest BCUT2D eigenvalue weighted by atomic mass is 16.5. The first kappa shape index (κ1) is 20.4. The molecule has 2 rings (SSSR count). The highest BCUT2D eigenvalue weighted by Crippen LogP contribution is 2.03. The summed E-state index contributed by atoms with van der Waals surface area (Å²) in [5.41, 5.74) is 1.83. The van der Waals surface area contributed by atoms with E-state index in [-0.39, 0.29) is 12.5 Å². The zero-order valence-corrected chi connectivity index (χ0v) is 15.8. The second-order valence-electron chi connectivity index (χ2n) is 6.20. The van der Waals surface area contributed by atoms with Gasteiger partial charge in [0.2, 0.25) is 5.91 Å². The van der Waals surface area contributed by atoms with E-state index in [1.807, 2.05) is 30.3 Å². The number of aromatic nitrogens is 1. The molecule has 0 aliphatic carbocycles. The third-order valence-corrected chi connectivity index (χ3v) is 3.72. The highest BCUT2D eigenvalue weighted by Gasteiger charge is 2.07. The molecule has 0 spiro atoms. The number of nitrogens with one attached hydrogen (secondary N) is 3. The summed E-state index contributed by atoms with van der Waals surface area (Å²) in [4.78, 5) is 20.0. The molecule has 0 fully saturated rings. The average Bonchev–Trinajstić information content (AvgIpc) is 2.69. The van der Waals surface area contributed by atoms with Gasteiger partial charge in [0.25, 0.3) is 0 Å². The molecular formula is C20H27N5O2. The van der Waals surface area contributed by atoms with Crippen LogP contribution in [0.25, 0.3) is 0 Å². The maximum absolute atomic E-state index is 11.9. The van der Waals surface area contributed by atoms with Gasteiger partial charge >= 0.3 is 0 Å². The number of carbonyl (C=O) groups is 1. The van der Waals surface area contributed by atoms with Crippen LogP contribution >= 0.6 is 0 Å². The molecule has 7 heteroatoms. The number of pyridine rings is 1. The molecule has 2 aromatic rings. The van der Waals surface area contributed by atoms with E-state index in [1.54, 1.807) is 31.6 Å². The Bertz CT molecular complexity index is 707. The summed E-state index contributed by atoms with van der Waals surface area (Å²) in [7, 11) is 1.67. The third kappa shape index (κ3) is 8.33. The summed E-state index contributed by atoms with van der Waals surface area (Å²) in [6.45, 7) is 4.15. The van der Waals surface area contributed by atoms with E-state index < -0.39 is 0 Å². The fraction of sp³-hybridized carbons (Fsp3) is 0.350. The number of anilines is 1. The lowest BCUT2D eigenvalue weighted by atomic mass is 10.2. The van der Waals surface area contributed by atoms with Gasteiger partial charge in [0, 0.05) is 19.8 Å². The molecule has 0 radical (unpaired) electrons. The van der Waals surface area contributed by atoms with Crippen molar-refractivity contribution in [1.82, 2.24) is 15.6 Å². The molecule has 3 N–H and O–H groups in total. The molecule has 144 valence electrons. The summed E-state index contributed by atoms with van der Waals surface area (Å²) in [6.07, 6.45) is 3.26. The number of aliphatic imine (C=N–C) groups is 1. The van der Waals surface area contributed by atoms with Crippen molar-refractivity contribution >= 4 is 17.6 Å². The zero-order valence-electron chi connectivity index (χ0n) is 15.8. The van der Waals surface area contributed by atoms with Crippen molar-refractivity contribution in [3.63, 3.8) is 0 Å². The van der Waals surface area contributed by atoms with Gasteiger partial charge in [-0.3, -0.25) is 14.8 Å². The van der Waals surface area contributed by atoms with Gasteiger partial charge in [0.1, 0.15) is 0 Å². The minimum atomic E-state index is -0.162. The van der Waals surface area contributed by atoms with E-state index in [0.717, 1.165) is 5.56 Å². The molecule has 1 amide bonds. The van der Waals surface area contributed by atoms with Gasteiger partial charge in [-0.15, -0.1) is 0 Å². The molecule has 0 saturated heterocycles. The van der Waals surface area contributed by atoms with Gasteiger partial charge in [-0.1, -0.05) is 37.3 Å². The molecule has 0 saturated carbocycles. The zero-order chi connectivity index (χ0) is 19.3. The molecule has 0 aliphatic heterocycles. The quantitative estimate of drug-likeness (QED) is 0.465. The largest absolute Gasteiger partial charge is 0.376 e. The van der Waals surface area contributed by atoms with E-state index >= 15 is 0 Å². The fourth-order valence-electron chi connectivity index (χ4n) is 2.31. The van der Waals surface area contributed by atoms with Crippen LogP contribution in [-0.4, -0.2) is 43.6 Å². The molecule has 1 atom stereocenters. The van der Waals surface area contributed by atoms with Crippen molar-refractivity contribution in [3.8, 4) is 0 Å². The average molecular weight is 369 g/mol. The normalized spacial score (nSPS) is 12.3. The minimum absolute atomic E-state index is 0.119. The van der Waals surface area contributed by atoms with Crippen molar-refractivity contribution in [2.45, 2.75) is 13.5 Å². The Labute approximate surface area is 160 Å². The molecule has 1 aromatic carbocycles. The topological polar surface area (TPSA) is 87.6 Å². The van der Waals surface area contributed by atoms with Crippen molar-refractivity contribution in [1.29, 1.82) is 0 Å². The fourth-order valence-corrected chi connectivity index (χ4v) is 2.31. The number of hydrogen-bond donors (Lipinski definition) is 3. The third-order valence-electron chi connectivity index (χ3n) is 3.72. The number of hydrogen-bond acceptors (Lipinski definition) is 4. The number of ether oxygens (including phenoxy) is 1. The maximum Gasteiger partial charge on any atom is 0.243 e. The summed E-state index contributed by atoms with van der Waals surface area (Å²) < 4.78 is 5.74. The number of guanidine groups is 1. The lowest BCUT2D eigenvalue weighted by molar-refractivity contribution is -0.115. The van der Waals surface area contributed by atoms with E-state index in [0.29, 0.717) is 37.3 Å². The van der Waals surface area contributed by atoms with Gasteiger partial charge in [0.15, 0.2) is 5.96 Å². The predicted molar refractivity (Wildman–Crippen MR) is 107 cm³/mol. The molecule has 1 heterocycles. The molecule has 7 nitrogen and oxygen atoms in total. The van der Waals surface area contributed by atoms with Gasteiger partial charge in [0.05, 0.1) is 31.6 Å². The van der Waals surface area contributed by atoms with Crippen molar-refractivity contribution < 1.29 is 9.53 Å². The molecular weight excluding hydrogens is 342 g/mol. The highest BCUT2D eigenvalue weighted by molar-refractivity contribution is 5.94. The van der Waals surface area contributed by atoms with Crippen LogP contribution in [0.1, 0.15) is 12.5 Å². The van der Waals surface area contributed by atoms with Gasteiger partial charge in [-0.2, -0.15) is 0 Å². The number of nitrogens with zero attached hydrogens (tertiary/aromatic N) is 2. The SMILES string of the molecule is CN=C(NCC(=O)Nc1cccnc1)NCC(C)COCc1ccccc1. The minimum Gasteiger partial charge on any atom is -0.376 e. The van der Waals surface area contributed by atoms with Gasteiger partial charge < -0.3 is 20.7 Å². The Morgan fingerprint density at radius 3 is 2.70 bits per heavy atom. The summed E-state index contributed by atoms with van der Waals surface area (Å²) >= 11 is 0. The number of carbonyl (C=O) groups excluding carboxylic acids is 1. The molecule has 1 unspecified atom stereocenters. The van der Waals surface area contributed by atoms with Crippen LogP contribution in [0.4, 0.5) is 5.69 Å². The smallest absolute Gasteiger partial charge is 0.243 e. The molecule has 0 bridgehead atoms. The van der Waals surface area contributed by atoms with Crippen LogP contribution in [0.3, 0.4) is 0 Å². The van der Waals surface area contributed by atoms with Crippen molar-refractivity contribution in [3.05, 3.63) is 60.4 Å². The van der Waals surface area contributed by atoms with Crippen LogP contribution < -0.4 is 16.0 Å². The van der Waals surface area contributed by atoms with Crippen molar-refractivity contribution in [2.24, 2.45) is 10.9 Å². The summed E-state index contributed by atoms with van der Waals surface area (Å²) in [5.74, 6) is 0.716. The van der Waals surface area contributed by atoms with Crippen LogP contribution in [0.2, 0.25) is 0 Å². The molecule has 1 aromatic heterocycles. The van der Waals surface area contributed by atoms with Crippen LogP contribution in [-0.2, 0) is 16.1 Å². The second kappa shape index (κ2) is 11.6. The van der Waals surface area contributed by atoms with Crippen LogP contribution in [0.15, 0.2) is 59.9 Å². The second-order valence-corrected chi connectivity index (χ2v) is 6.20. The van der Waals surface area contributed by atoms with E-state index in [9.17, 15) is 4.79 Å². The molecule has 27 heavy (non-hydrogen) atoms. The Morgan fingerprint density at radius 2 is 2.00 bits per heavy atom. The lowest BCUT2D eigenvalue weighted by Crippen LogP contribution is -2.43. The monoisotopic (exact) mass is 369 g/mol. The van der Waals surface area contributed by atoms with Gasteiger partial charge in [-0.05, 0) is 23.6 Å². The van der Waals surface area contributed by atoms with Crippen molar-refractivity contribution in [2.75, 3.05) is 32.1 Å². The first-order valence-corrected chi connectivity index (χ1v) is 8.93. The van der Waals surface area contributed by atoms with E-state index in [1.165, 1.54) is 0 Å². The number of amides is 1. The maximum atomic E-state index is 11.9. The van der Waals surface area contributed by atoms with E-state index in [4.69, 9.17) is 4.74 Å². The summed E-state index contributed by atoms with van der Waals surface area (Å²) in [5, 5.41) is 8.96. The first-order chi connectivity index (χ1) is 13.2. The molecule has 0 aliphatic rings. The van der Waals surface area contributed by atoms with Crippen LogP contribution in [0.5, 0.6) is 0 Å². The Balaban J connectivity index is 1.62. The lowest BCUT2D eigenvalue weighted by Gasteiger charge is -2.16. The standard InChI is InChI=1S/C20H27N5O2/c1-16(14-27-15-17-7-4-3-5-8-17)11-23-20(21-2)24-13-19(26)25-18-9-6-10-22-12-18/h3-10,12,16H,11,13-15H2,1-2H3,(H,25,26)(H2,21,23,24). The predicted octanol–water partition coefficient (Wildman–Crippen LogP) is 2.04. The Morgan fingerprint density at radius 1 is 1.19 bits per heavy atom. The summed E-state index contributed by atoms with van der Waals surface area (Å²) in [6, 6.07) is 13.6. The van der Waals surface area contributed by atoms with E-state index in [2.05, 4.69) is 32.9 Å². The Kier molecular flexibility index (Phi) is 8.79. The van der Waals surface area contributed by atoms with Gasteiger partial charge in [-0.25, -0.2) is 0 Å². The first-order valence-electron chi connectivity index (χ1n) is 8.93. The van der Waals surface area contributed by atoms with Crippen LogP contribution in [0, 0.1) is 5.92 Å². The number of rotatable bonds is 9.